The zero-order chi connectivity index (χ0) is 6.85. The minimum Gasteiger partial charge on any atom is -0.361 e. The third kappa shape index (κ3) is 1.19. The second-order valence-electron chi connectivity index (χ2n) is 2.10. The maximum Gasteiger partial charge on any atom is 0.134 e. The fourth-order valence-electron chi connectivity index (χ4n) is 0.568. The van der Waals surface area contributed by atoms with Crippen LogP contribution in [0.2, 0.25) is 0 Å². The molecule has 48 valence electrons. The Morgan fingerprint density at radius 1 is 1.78 bits per heavy atom. The van der Waals surface area contributed by atoms with Gasteiger partial charge in [-0.1, -0.05) is 11.7 Å². The van der Waals surface area contributed by atoms with Crippen LogP contribution in [0.15, 0.2) is 17.2 Å². The normalized spacial score (nSPS) is 9.56. The van der Waals surface area contributed by atoms with Crippen molar-refractivity contribution < 1.29 is 4.52 Å². The van der Waals surface area contributed by atoms with Gasteiger partial charge >= 0.3 is 0 Å². The zero-order valence-corrected chi connectivity index (χ0v) is 5.64. The molecule has 2 heteroatoms. The Bertz CT molecular complexity index is 225. The van der Waals surface area contributed by atoms with Gasteiger partial charge in [0.05, 0.1) is 0 Å². The molecule has 0 saturated heterocycles. The van der Waals surface area contributed by atoms with Crippen molar-refractivity contribution in [1.82, 2.24) is 5.16 Å². The summed E-state index contributed by atoms with van der Waals surface area (Å²) in [4.78, 5) is 0. The van der Waals surface area contributed by atoms with Crippen molar-refractivity contribution in [3.05, 3.63) is 24.1 Å². The highest BCUT2D eigenvalue weighted by atomic mass is 16.5. The monoisotopic (exact) mass is 123 g/mol. The Morgan fingerprint density at radius 2 is 2.44 bits per heavy atom. The van der Waals surface area contributed by atoms with Crippen molar-refractivity contribution in [2.45, 2.75) is 13.8 Å². The Hall–Kier alpha value is -1.05. The molecule has 0 amide bonds. The summed E-state index contributed by atoms with van der Waals surface area (Å²) in [5, 5.41) is 3.74. The van der Waals surface area contributed by atoms with Gasteiger partial charge in [0.15, 0.2) is 0 Å². The summed E-state index contributed by atoms with van der Waals surface area (Å²) in [5.74, 6) is 0.827. The fraction of sp³-hybridized carbons (Fsp3) is 0.286. The van der Waals surface area contributed by atoms with E-state index in [-0.39, 0.29) is 0 Å². The molecule has 0 unspecified atom stereocenters. The molecule has 1 heterocycles. The molecule has 0 aliphatic rings. The second kappa shape index (κ2) is 2.05. The highest BCUT2D eigenvalue weighted by Crippen LogP contribution is 2.09. The van der Waals surface area contributed by atoms with E-state index in [1.807, 2.05) is 19.9 Å². The third-order valence-corrected chi connectivity index (χ3v) is 1.07. The van der Waals surface area contributed by atoms with Crippen molar-refractivity contribution in [2.75, 3.05) is 0 Å². The third-order valence-electron chi connectivity index (χ3n) is 1.07. The molecule has 0 atom stereocenters. The van der Waals surface area contributed by atoms with Gasteiger partial charge in [0.2, 0.25) is 0 Å². The molecule has 1 aromatic rings. The molecule has 0 radical (unpaired) electrons. The molecule has 0 bridgehead atoms. The average molecular weight is 123 g/mol. The lowest BCUT2D eigenvalue weighted by Gasteiger charge is -1.83. The van der Waals surface area contributed by atoms with Gasteiger partial charge in [0.1, 0.15) is 11.5 Å². The van der Waals surface area contributed by atoms with Crippen LogP contribution >= 0.6 is 0 Å². The summed E-state index contributed by atoms with van der Waals surface area (Å²) >= 11 is 0. The lowest BCUT2D eigenvalue weighted by atomic mass is 10.2. The summed E-state index contributed by atoms with van der Waals surface area (Å²) in [7, 11) is 0. The van der Waals surface area contributed by atoms with Gasteiger partial charge < -0.3 is 4.52 Å². The lowest BCUT2D eigenvalue weighted by molar-refractivity contribution is 0.395. The Morgan fingerprint density at radius 3 is 2.67 bits per heavy atom. The molecule has 0 aliphatic heterocycles. The molecular formula is C7H9NO. The summed E-state index contributed by atoms with van der Waals surface area (Å²) < 4.78 is 4.81. The molecule has 0 N–H and O–H groups in total. The van der Waals surface area contributed by atoms with Crippen molar-refractivity contribution in [3.8, 4) is 0 Å². The first kappa shape index (κ1) is 6.08. The van der Waals surface area contributed by atoms with Gasteiger partial charge in [-0.15, -0.1) is 0 Å². The molecule has 1 rings (SSSR count). The van der Waals surface area contributed by atoms with Crippen LogP contribution in [0.4, 0.5) is 0 Å². The van der Waals surface area contributed by atoms with Crippen LogP contribution in [0.25, 0.3) is 5.57 Å². The van der Waals surface area contributed by atoms with E-state index >= 15 is 0 Å². The molecule has 1 aromatic heterocycles. The van der Waals surface area contributed by atoms with Crippen LogP contribution in [0.3, 0.4) is 0 Å². The van der Waals surface area contributed by atoms with E-state index in [0.717, 1.165) is 17.0 Å². The minimum absolute atomic E-state index is 0.827. The van der Waals surface area contributed by atoms with Crippen molar-refractivity contribution in [2.24, 2.45) is 0 Å². The van der Waals surface area contributed by atoms with Crippen LogP contribution in [0.5, 0.6) is 0 Å². The maximum absolute atomic E-state index is 4.81. The SMILES string of the molecule is C=C(C)c1cc(C)on1. The Kier molecular flexibility index (Phi) is 1.39. The number of hydrogen-bond donors (Lipinski definition) is 0. The average Bonchev–Trinajstić information content (AvgIpc) is 2.14. The van der Waals surface area contributed by atoms with Crippen LogP contribution in [-0.4, -0.2) is 5.16 Å². The second-order valence-corrected chi connectivity index (χ2v) is 2.10. The first-order valence-corrected chi connectivity index (χ1v) is 2.79. The molecule has 9 heavy (non-hydrogen) atoms. The van der Waals surface area contributed by atoms with E-state index in [0.29, 0.717) is 0 Å². The van der Waals surface area contributed by atoms with E-state index in [4.69, 9.17) is 4.52 Å². The quantitative estimate of drug-likeness (QED) is 0.571. The van der Waals surface area contributed by atoms with Gasteiger partial charge in [-0.05, 0) is 19.4 Å². The van der Waals surface area contributed by atoms with E-state index in [9.17, 15) is 0 Å². The predicted octanol–water partition coefficient (Wildman–Crippen LogP) is 2.02. The fourth-order valence-corrected chi connectivity index (χ4v) is 0.568. The molecule has 2 nitrogen and oxygen atoms in total. The number of hydrogen-bond acceptors (Lipinski definition) is 2. The summed E-state index contributed by atoms with van der Waals surface area (Å²) in [6.07, 6.45) is 0. The predicted molar refractivity (Wildman–Crippen MR) is 35.9 cm³/mol. The first-order valence-electron chi connectivity index (χ1n) is 2.79. The van der Waals surface area contributed by atoms with E-state index in [1.54, 1.807) is 0 Å². The van der Waals surface area contributed by atoms with Crippen LogP contribution in [-0.2, 0) is 0 Å². The largest absolute Gasteiger partial charge is 0.361 e. The Balaban J connectivity index is 2.98. The topological polar surface area (TPSA) is 26.0 Å². The molecule has 0 spiro atoms. The van der Waals surface area contributed by atoms with Crippen molar-refractivity contribution in [3.63, 3.8) is 0 Å². The lowest BCUT2D eigenvalue weighted by Crippen LogP contribution is -1.72. The summed E-state index contributed by atoms with van der Waals surface area (Å²) in [6.45, 7) is 7.48. The molecule has 0 aliphatic carbocycles. The number of allylic oxidation sites excluding steroid dienone is 1. The van der Waals surface area contributed by atoms with Crippen molar-refractivity contribution in [1.29, 1.82) is 0 Å². The van der Waals surface area contributed by atoms with Crippen LogP contribution in [0, 0.1) is 6.92 Å². The number of rotatable bonds is 1. The van der Waals surface area contributed by atoms with Gasteiger partial charge in [-0.25, -0.2) is 0 Å². The highest BCUT2D eigenvalue weighted by Gasteiger charge is 1.97. The summed E-state index contributed by atoms with van der Waals surface area (Å²) in [5.41, 5.74) is 1.78. The Labute approximate surface area is 54.2 Å². The highest BCUT2D eigenvalue weighted by molar-refractivity contribution is 5.57. The van der Waals surface area contributed by atoms with Gasteiger partial charge in [-0.2, -0.15) is 0 Å². The van der Waals surface area contributed by atoms with Crippen LogP contribution in [0.1, 0.15) is 18.4 Å². The number of aromatic nitrogens is 1. The minimum atomic E-state index is 0.827. The smallest absolute Gasteiger partial charge is 0.134 e. The van der Waals surface area contributed by atoms with Gasteiger partial charge in [0.25, 0.3) is 0 Å². The molecule has 0 aromatic carbocycles. The van der Waals surface area contributed by atoms with Crippen LogP contribution < -0.4 is 0 Å². The first-order chi connectivity index (χ1) is 4.20. The van der Waals surface area contributed by atoms with E-state index < -0.39 is 0 Å². The number of aryl methyl sites for hydroxylation is 1. The standard InChI is InChI=1S/C7H9NO/c1-5(2)7-4-6(3)9-8-7/h4H,1H2,2-3H3. The van der Waals surface area contributed by atoms with Crippen molar-refractivity contribution >= 4 is 5.57 Å². The molecule has 0 saturated carbocycles. The van der Waals surface area contributed by atoms with E-state index in [2.05, 4.69) is 11.7 Å². The number of nitrogens with zero attached hydrogens (tertiary/aromatic N) is 1. The van der Waals surface area contributed by atoms with Gasteiger partial charge in [0, 0.05) is 6.07 Å². The maximum atomic E-state index is 4.81. The molecule has 0 fully saturated rings. The molecular weight excluding hydrogens is 114 g/mol. The van der Waals surface area contributed by atoms with E-state index in [1.165, 1.54) is 0 Å². The zero-order valence-electron chi connectivity index (χ0n) is 5.64. The van der Waals surface area contributed by atoms with Gasteiger partial charge in [-0.3, -0.25) is 0 Å². The summed E-state index contributed by atoms with van der Waals surface area (Å²) in [6, 6.07) is 1.86.